The molecule has 0 N–H and O–H groups in total. The van der Waals surface area contributed by atoms with E-state index in [1.54, 1.807) is 24.3 Å². The molecule has 0 radical (unpaired) electrons. The lowest BCUT2D eigenvalue weighted by atomic mass is 9.47. The van der Waals surface area contributed by atoms with Crippen molar-refractivity contribution < 1.29 is 14.3 Å². The van der Waals surface area contributed by atoms with Crippen molar-refractivity contribution >= 4 is 17.8 Å². The van der Waals surface area contributed by atoms with Gasteiger partial charge in [-0.25, -0.2) is 4.79 Å². The lowest BCUT2D eigenvalue weighted by Gasteiger charge is -2.58. The maximum Gasteiger partial charge on any atom is 0.514 e. The fourth-order valence-corrected chi connectivity index (χ4v) is 9.72. The fraction of sp³-hybridized carbons (Fsp3) is 0.735. The highest BCUT2D eigenvalue weighted by molar-refractivity contribution is 6.30. The Morgan fingerprint density at radius 3 is 2.63 bits per heavy atom. The first-order chi connectivity index (χ1) is 18.1. The van der Waals surface area contributed by atoms with Gasteiger partial charge in [-0.3, -0.25) is 0 Å². The average molecular weight is 541 g/mol. The van der Waals surface area contributed by atoms with E-state index in [1.165, 1.54) is 56.9 Å². The summed E-state index contributed by atoms with van der Waals surface area (Å²) in [5, 5.41) is 0.545. The van der Waals surface area contributed by atoms with Crippen LogP contribution in [0.25, 0.3) is 0 Å². The summed E-state index contributed by atoms with van der Waals surface area (Å²) >= 11 is 6.02. The molecule has 3 nitrogen and oxygen atoms in total. The van der Waals surface area contributed by atoms with E-state index in [2.05, 4.69) is 40.7 Å². The van der Waals surface area contributed by atoms with Crippen LogP contribution in [-0.2, 0) is 4.74 Å². The van der Waals surface area contributed by atoms with Crippen molar-refractivity contribution in [3.63, 3.8) is 0 Å². The van der Waals surface area contributed by atoms with Crippen LogP contribution in [0.3, 0.4) is 0 Å². The van der Waals surface area contributed by atoms with E-state index in [4.69, 9.17) is 21.1 Å². The topological polar surface area (TPSA) is 35.5 Å². The van der Waals surface area contributed by atoms with Gasteiger partial charge >= 0.3 is 6.16 Å². The zero-order valence-electron chi connectivity index (χ0n) is 24.3. The van der Waals surface area contributed by atoms with Gasteiger partial charge in [0, 0.05) is 11.4 Å². The molecular formula is C34H49ClO3. The molecular weight excluding hydrogens is 492 g/mol. The van der Waals surface area contributed by atoms with Gasteiger partial charge in [0.2, 0.25) is 0 Å². The Balaban J connectivity index is 1.22. The highest BCUT2D eigenvalue weighted by Crippen LogP contribution is 2.67. The Bertz CT molecular complexity index is 1030. The quantitative estimate of drug-likeness (QED) is 0.196. The zero-order chi connectivity index (χ0) is 27.1. The summed E-state index contributed by atoms with van der Waals surface area (Å²) in [6.45, 7) is 12.5. The van der Waals surface area contributed by atoms with E-state index >= 15 is 0 Å². The van der Waals surface area contributed by atoms with Gasteiger partial charge in [0.1, 0.15) is 11.9 Å². The third kappa shape index (κ3) is 5.43. The van der Waals surface area contributed by atoms with Gasteiger partial charge in [-0.05, 0) is 109 Å². The number of carbonyl (C=O) groups excluding carboxylic acids is 1. The lowest BCUT2D eigenvalue weighted by Crippen LogP contribution is -2.51. The number of hydrogen-bond donors (Lipinski definition) is 0. The summed E-state index contributed by atoms with van der Waals surface area (Å²) < 4.78 is 11.2. The van der Waals surface area contributed by atoms with Crippen LogP contribution >= 0.6 is 11.6 Å². The van der Waals surface area contributed by atoms with Crippen LogP contribution in [0.4, 0.5) is 4.79 Å². The average Bonchev–Trinajstić information content (AvgIpc) is 3.21. The molecule has 0 bridgehead atoms. The molecule has 4 aliphatic carbocycles. The summed E-state index contributed by atoms with van der Waals surface area (Å²) in [5.41, 5.74) is 2.30. The van der Waals surface area contributed by atoms with Gasteiger partial charge in [0.05, 0.1) is 0 Å². The molecule has 0 saturated heterocycles. The second-order valence-electron chi connectivity index (χ2n) is 14.1. The number of allylic oxidation sites excluding steroid dienone is 1. The van der Waals surface area contributed by atoms with Gasteiger partial charge in [0.15, 0.2) is 0 Å². The van der Waals surface area contributed by atoms with Crippen molar-refractivity contribution in [1.82, 2.24) is 0 Å². The molecule has 3 saturated carbocycles. The fourth-order valence-electron chi connectivity index (χ4n) is 9.54. The molecule has 0 spiro atoms. The summed E-state index contributed by atoms with van der Waals surface area (Å²) in [7, 11) is 0. The highest BCUT2D eigenvalue weighted by Gasteiger charge is 2.59. The van der Waals surface area contributed by atoms with Crippen LogP contribution in [0.1, 0.15) is 105 Å². The van der Waals surface area contributed by atoms with Crippen molar-refractivity contribution in [2.24, 2.45) is 46.3 Å². The number of rotatable bonds is 7. The summed E-state index contributed by atoms with van der Waals surface area (Å²) in [6.07, 6.45) is 15.7. The first-order valence-electron chi connectivity index (χ1n) is 15.4. The van der Waals surface area contributed by atoms with E-state index in [0.29, 0.717) is 16.2 Å². The Morgan fingerprint density at radius 2 is 1.87 bits per heavy atom. The molecule has 0 aliphatic heterocycles. The maximum atomic E-state index is 12.5. The minimum absolute atomic E-state index is 0.103. The van der Waals surface area contributed by atoms with Crippen LogP contribution in [0.5, 0.6) is 5.75 Å². The molecule has 210 valence electrons. The van der Waals surface area contributed by atoms with Gasteiger partial charge in [-0.15, -0.1) is 0 Å². The molecule has 8 atom stereocenters. The van der Waals surface area contributed by atoms with E-state index < -0.39 is 6.16 Å². The van der Waals surface area contributed by atoms with Crippen LogP contribution in [0, 0.1) is 46.3 Å². The minimum Gasteiger partial charge on any atom is -0.430 e. The Morgan fingerprint density at radius 1 is 1.05 bits per heavy atom. The first kappa shape index (κ1) is 28.1. The standard InChI is InChI=1S/C34H49ClO3/c1-22(2)8-6-9-23(3)29-14-15-30-28-13-12-24-20-27(38-32(36)37-26-11-7-10-25(35)21-26)16-18-33(24,4)31(28)17-19-34(29,30)5/h7,10-12,21-23,27-31H,6,8-9,13-20H2,1-5H3/t23-,27-,28+,29-,30+,31+,33-,34-/m0/s1. The van der Waals surface area contributed by atoms with Gasteiger partial charge in [-0.2, -0.15) is 0 Å². The van der Waals surface area contributed by atoms with Crippen LogP contribution in [0.2, 0.25) is 5.02 Å². The predicted molar refractivity (Wildman–Crippen MR) is 155 cm³/mol. The third-order valence-electron chi connectivity index (χ3n) is 11.5. The van der Waals surface area contributed by atoms with Gasteiger partial charge < -0.3 is 9.47 Å². The van der Waals surface area contributed by atoms with E-state index in [9.17, 15) is 4.79 Å². The summed E-state index contributed by atoms with van der Waals surface area (Å²) in [4.78, 5) is 12.5. The molecule has 3 fully saturated rings. The molecule has 1 aromatic carbocycles. The normalized spacial score (nSPS) is 37.0. The Hall–Kier alpha value is -1.48. The van der Waals surface area contributed by atoms with Crippen molar-refractivity contribution in [2.45, 2.75) is 111 Å². The minimum atomic E-state index is -0.622. The van der Waals surface area contributed by atoms with Gasteiger partial charge in [-0.1, -0.05) is 83.2 Å². The number of ether oxygens (including phenoxy) is 2. The zero-order valence-corrected chi connectivity index (χ0v) is 25.1. The van der Waals surface area contributed by atoms with E-state index in [0.717, 1.165) is 54.8 Å². The number of hydrogen-bond acceptors (Lipinski definition) is 3. The van der Waals surface area contributed by atoms with Crippen LogP contribution in [-0.4, -0.2) is 12.3 Å². The van der Waals surface area contributed by atoms with Gasteiger partial charge in [0.25, 0.3) is 0 Å². The molecule has 0 unspecified atom stereocenters. The second-order valence-corrected chi connectivity index (χ2v) is 14.5. The lowest BCUT2D eigenvalue weighted by molar-refractivity contribution is -0.0597. The van der Waals surface area contributed by atoms with Crippen LogP contribution < -0.4 is 4.74 Å². The molecule has 4 aliphatic rings. The maximum absolute atomic E-state index is 12.5. The molecule has 5 rings (SSSR count). The number of carbonyl (C=O) groups is 1. The molecule has 38 heavy (non-hydrogen) atoms. The third-order valence-corrected chi connectivity index (χ3v) is 11.8. The van der Waals surface area contributed by atoms with E-state index in [1.807, 2.05) is 0 Å². The SMILES string of the molecule is CC(C)CCC[C@H](C)[C@@H]1CC[C@@H]2[C@H]3CC=C4C[C@@H](OC(=O)Oc5cccc(Cl)c5)CC[C@]4(C)[C@@H]3CC[C@]21C. The molecule has 1 aromatic rings. The monoisotopic (exact) mass is 540 g/mol. The second kappa shape index (κ2) is 11.2. The highest BCUT2D eigenvalue weighted by atomic mass is 35.5. The largest absolute Gasteiger partial charge is 0.514 e. The van der Waals surface area contributed by atoms with Crippen molar-refractivity contribution in [3.8, 4) is 5.75 Å². The Kier molecular flexibility index (Phi) is 8.26. The van der Waals surface area contributed by atoms with Crippen LogP contribution in [0.15, 0.2) is 35.9 Å². The number of fused-ring (bicyclic) bond motifs is 5. The number of halogens is 1. The molecule has 4 heteroatoms. The summed E-state index contributed by atoms with van der Waals surface area (Å²) in [5.74, 6) is 5.46. The number of benzene rings is 1. The van der Waals surface area contributed by atoms with Crippen molar-refractivity contribution in [3.05, 3.63) is 40.9 Å². The summed E-state index contributed by atoms with van der Waals surface area (Å²) in [6, 6.07) is 6.90. The first-order valence-corrected chi connectivity index (χ1v) is 15.8. The Labute approximate surface area is 236 Å². The van der Waals surface area contributed by atoms with E-state index in [-0.39, 0.29) is 11.5 Å². The molecule has 0 heterocycles. The van der Waals surface area contributed by atoms with Crippen molar-refractivity contribution in [2.75, 3.05) is 0 Å². The molecule has 0 aromatic heterocycles. The smallest absolute Gasteiger partial charge is 0.430 e. The predicted octanol–water partition coefficient (Wildman–Crippen LogP) is 10.3. The van der Waals surface area contributed by atoms with Crippen molar-refractivity contribution in [1.29, 1.82) is 0 Å². The molecule has 0 amide bonds.